The SMILES string of the molecule is COc1ccc(NC(=O)Cn2nc3c(Oc4ccc(C)cc4)nccn3c2=O)c(OC)c1. The van der Waals surface area contributed by atoms with Crippen LogP contribution in [0.2, 0.25) is 0 Å². The fourth-order valence-electron chi connectivity index (χ4n) is 3.05. The first-order valence-corrected chi connectivity index (χ1v) is 9.69. The lowest BCUT2D eigenvalue weighted by Crippen LogP contribution is -2.28. The topological polar surface area (TPSA) is 109 Å². The van der Waals surface area contributed by atoms with Gasteiger partial charge in [0.2, 0.25) is 11.6 Å². The highest BCUT2D eigenvalue weighted by atomic mass is 16.5. The summed E-state index contributed by atoms with van der Waals surface area (Å²) in [5.41, 5.74) is 1.24. The first kappa shape index (κ1) is 20.9. The molecule has 10 heteroatoms. The van der Waals surface area contributed by atoms with Gasteiger partial charge in [-0.25, -0.2) is 18.9 Å². The molecule has 0 fully saturated rings. The summed E-state index contributed by atoms with van der Waals surface area (Å²) >= 11 is 0. The molecule has 0 aliphatic heterocycles. The molecule has 32 heavy (non-hydrogen) atoms. The minimum atomic E-state index is -0.493. The Labute approximate surface area is 183 Å². The van der Waals surface area contributed by atoms with E-state index in [-0.39, 0.29) is 18.1 Å². The molecular formula is C22H21N5O5. The standard InChI is InChI=1S/C22H21N5O5/c1-14-4-6-15(7-5-14)32-21-20-25-27(22(29)26(20)11-10-23-21)13-19(28)24-17-9-8-16(30-2)12-18(17)31-3/h4-12H,13H2,1-3H3,(H,24,28). The number of carbonyl (C=O) groups excluding carboxylic acids is 1. The van der Waals surface area contributed by atoms with Crippen molar-refractivity contribution in [2.45, 2.75) is 13.5 Å². The minimum absolute atomic E-state index is 0.157. The molecule has 4 rings (SSSR count). The van der Waals surface area contributed by atoms with E-state index in [1.807, 2.05) is 19.1 Å². The molecule has 4 aromatic rings. The number of ether oxygens (including phenoxy) is 3. The maximum absolute atomic E-state index is 12.7. The molecule has 0 aliphatic carbocycles. The summed E-state index contributed by atoms with van der Waals surface area (Å²) in [5, 5.41) is 6.96. The van der Waals surface area contributed by atoms with Crippen LogP contribution in [0, 0.1) is 6.92 Å². The maximum Gasteiger partial charge on any atom is 0.351 e. The number of methoxy groups -OCH3 is 2. The Hall–Kier alpha value is -4.34. The zero-order valence-corrected chi connectivity index (χ0v) is 17.7. The molecule has 0 saturated carbocycles. The maximum atomic E-state index is 12.7. The Balaban J connectivity index is 1.57. The lowest BCUT2D eigenvalue weighted by Gasteiger charge is -2.11. The number of amides is 1. The fraction of sp³-hybridized carbons (Fsp3) is 0.182. The number of benzene rings is 2. The Morgan fingerprint density at radius 2 is 1.81 bits per heavy atom. The van der Waals surface area contributed by atoms with Gasteiger partial charge >= 0.3 is 5.69 Å². The van der Waals surface area contributed by atoms with E-state index in [0.717, 1.165) is 10.2 Å². The molecule has 0 unspecified atom stereocenters. The summed E-state index contributed by atoms with van der Waals surface area (Å²) in [6.07, 6.45) is 2.90. The van der Waals surface area contributed by atoms with Crippen LogP contribution in [-0.4, -0.2) is 39.3 Å². The summed E-state index contributed by atoms with van der Waals surface area (Å²) in [5.74, 6) is 1.28. The smallest absolute Gasteiger partial charge is 0.351 e. The van der Waals surface area contributed by atoms with Crippen molar-refractivity contribution in [1.29, 1.82) is 0 Å². The number of hydrogen-bond acceptors (Lipinski definition) is 7. The first-order valence-electron chi connectivity index (χ1n) is 9.69. The van der Waals surface area contributed by atoms with Gasteiger partial charge in [0.25, 0.3) is 5.88 Å². The van der Waals surface area contributed by atoms with Gasteiger partial charge in [-0.1, -0.05) is 17.7 Å². The Morgan fingerprint density at radius 3 is 2.53 bits per heavy atom. The zero-order chi connectivity index (χ0) is 22.7. The quantitative estimate of drug-likeness (QED) is 0.475. The van der Waals surface area contributed by atoms with E-state index in [4.69, 9.17) is 14.2 Å². The number of hydrogen-bond donors (Lipinski definition) is 1. The van der Waals surface area contributed by atoms with Gasteiger partial charge in [-0.2, -0.15) is 0 Å². The van der Waals surface area contributed by atoms with Crippen LogP contribution < -0.4 is 25.2 Å². The van der Waals surface area contributed by atoms with E-state index in [9.17, 15) is 9.59 Å². The summed E-state index contributed by atoms with van der Waals surface area (Å²) in [7, 11) is 3.02. The number of fused-ring (bicyclic) bond motifs is 1. The van der Waals surface area contributed by atoms with Gasteiger partial charge in [-0.15, -0.1) is 5.10 Å². The van der Waals surface area contributed by atoms with Gasteiger partial charge in [-0.3, -0.25) is 4.79 Å². The third kappa shape index (κ3) is 4.24. The molecule has 2 aromatic carbocycles. The van der Waals surface area contributed by atoms with Crippen molar-refractivity contribution in [3.05, 3.63) is 70.9 Å². The number of aryl methyl sites for hydroxylation is 1. The molecule has 1 N–H and O–H groups in total. The third-order valence-corrected chi connectivity index (χ3v) is 4.68. The van der Waals surface area contributed by atoms with Gasteiger partial charge < -0.3 is 19.5 Å². The predicted octanol–water partition coefficient (Wildman–Crippen LogP) is 2.65. The van der Waals surface area contributed by atoms with Gasteiger partial charge in [-0.05, 0) is 31.2 Å². The third-order valence-electron chi connectivity index (χ3n) is 4.68. The van der Waals surface area contributed by atoms with E-state index < -0.39 is 11.6 Å². The number of anilines is 1. The lowest BCUT2D eigenvalue weighted by atomic mass is 10.2. The molecule has 0 saturated heterocycles. The van der Waals surface area contributed by atoms with Crippen LogP contribution in [0.3, 0.4) is 0 Å². The normalized spacial score (nSPS) is 10.7. The summed E-state index contributed by atoms with van der Waals surface area (Å²) in [6.45, 7) is 1.66. The number of rotatable bonds is 7. The van der Waals surface area contributed by atoms with Crippen LogP contribution in [0.5, 0.6) is 23.1 Å². The zero-order valence-electron chi connectivity index (χ0n) is 17.7. The highest BCUT2D eigenvalue weighted by Gasteiger charge is 2.17. The molecule has 0 spiro atoms. The summed E-state index contributed by atoms with van der Waals surface area (Å²) < 4.78 is 18.5. The summed E-state index contributed by atoms with van der Waals surface area (Å²) in [4.78, 5) is 29.5. The molecule has 2 aromatic heterocycles. The van der Waals surface area contributed by atoms with Crippen molar-refractivity contribution in [2.75, 3.05) is 19.5 Å². The average molecular weight is 435 g/mol. The van der Waals surface area contributed by atoms with Gasteiger partial charge in [0.05, 0.1) is 19.9 Å². The van der Waals surface area contributed by atoms with E-state index in [2.05, 4.69) is 15.4 Å². The molecule has 0 aliphatic rings. The van der Waals surface area contributed by atoms with Crippen molar-refractivity contribution in [2.24, 2.45) is 0 Å². The van der Waals surface area contributed by atoms with Crippen LogP contribution in [0.25, 0.3) is 5.65 Å². The van der Waals surface area contributed by atoms with Crippen molar-refractivity contribution in [3.8, 4) is 23.1 Å². The van der Waals surface area contributed by atoms with Crippen molar-refractivity contribution in [3.63, 3.8) is 0 Å². The first-order chi connectivity index (χ1) is 15.5. The van der Waals surface area contributed by atoms with Crippen molar-refractivity contribution in [1.82, 2.24) is 19.2 Å². The van der Waals surface area contributed by atoms with Crippen LogP contribution in [-0.2, 0) is 11.3 Å². The van der Waals surface area contributed by atoms with Crippen molar-refractivity contribution >= 4 is 17.2 Å². The molecule has 0 radical (unpaired) electrons. The largest absolute Gasteiger partial charge is 0.497 e. The van der Waals surface area contributed by atoms with Crippen LogP contribution in [0.15, 0.2) is 59.7 Å². The monoisotopic (exact) mass is 435 g/mol. The fourth-order valence-corrected chi connectivity index (χ4v) is 3.05. The van der Waals surface area contributed by atoms with Crippen LogP contribution >= 0.6 is 0 Å². The summed E-state index contributed by atoms with van der Waals surface area (Å²) in [6, 6.07) is 12.4. The Bertz CT molecular complexity index is 1330. The Kier molecular flexibility index (Phi) is 5.75. The second-order valence-corrected chi connectivity index (χ2v) is 6.90. The van der Waals surface area contributed by atoms with E-state index in [1.54, 1.807) is 30.3 Å². The minimum Gasteiger partial charge on any atom is -0.497 e. The van der Waals surface area contributed by atoms with Crippen LogP contribution in [0.1, 0.15) is 5.56 Å². The van der Waals surface area contributed by atoms with Gasteiger partial charge in [0.15, 0.2) is 0 Å². The lowest BCUT2D eigenvalue weighted by molar-refractivity contribution is -0.117. The van der Waals surface area contributed by atoms with E-state index in [1.165, 1.54) is 31.0 Å². The number of nitrogens with one attached hydrogen (secondary N) is 1. The van der Waals surface area contributed by atoms with E-state index >= 15 is 0 Å². The van der Waals surface area contributed by atoms with Gasteiger partial charge in [0, 0.05) is 18.5 Å². The molecule has 1 amide bonds. The molecule has 0 bridgehead atoms. The molecule has 164 valence electrons. The second kappa shape index (κ2) is 8.80. The Morgan fingerprint density at radius 1 is 1.06 bits per heavy atom. The van der Waals surface area contributed by atoms with E-state index in [0.29, 0.717) is 22.9 Å². The van der Waals surface area contributed by atoms with Crippen molar-refractivity contribution < 1.29 is 19.0 Å². The van der Waals surface area contributed by atoms with Crippen LogP contribution in [0.4, 0.5) is 5.69 Å². The highest BCUT2D eigenvalue weighted by molar-refractivity contribution is 5.92. The number of aromatic nitrogens is 4. The second-order valence-electron chi connectivity index (χ2n) is 6.90. The molecular weight excluding hydrogens is 414 g/mol. The molecule has 2 heterocycles. The highest BCUT2D eigenvalue weighted by Crippen LogP contribution is 2.29. The predicted molar refractivity (Wildman–Crippen MR) is 117 cm³/mol. The number of carbonyl (C=O) groups is 1. The average Bonchev–Trinajstić information content (AvgIpc) is 3.11. The molecule has 0 atom stereocenters. The number of nitrogens with zero attached hydrogens (tertiary/aromatic N) is 4. The van der Waals surface area contributed by atoms with Gasteiger partial charge in [0.1, 0.15) is 23.8 Å². The molecule has 10 nitrogen and oxygen atoms in total.